The molecule has 4 amide bonds. The molecule has 0 saturated carbocycles. The van der Waals surface area contributed by atoms with Gasteiger partial charge in [0.1, 0.15) is 43.2 Å². The maximum atomic E-state index is 14.0. The van der Waals surface area contributed by atoms with Crippen molar-refractivity contribution in [3.8, 4) is 16.2 Å². The number of methoxy groups -OCH3 is 1. The molecule has 5 aromatic rings. The number of benzene rings is 3. The molecule has 0 radical (unpaired) electrons. The fourth-order valence-electron chi connectivity index (χ4n) is 8.52. The van der Waals surface area contributed by atoms with E-state index in [1.165, 1.54) is 11.1 Å². The van der Waals surface area contributed by atoms with E-state index in [1.807, 2.05) is 94.4 Å². The summed E-state index contributed by atoms with van der Waals surface area (Å²) in [7, 11) is -1.02. The molecule has 0 bridgehead atoms. The Morgan fingerprint density at radius 2 is 1.64 bits per heavy atom. The van der Waals surface area contributed by atoms with Gasteiger partial charge in [-0.2, -0.15) is 4.98 Å². The van der Waals surface area contributed by atoms with Gasteiger partial charge in [-0.3, -0.25) is 19.2 Å². The number of aliphatic hydroxyl groups excluding tert-OH is 1. The van der Waals surface area contributed by atoms with Gasteiger partial charge < -0.3 is 59.8 Å². The minimum absolute atomic E-state index is 0.0300. The number of anilines is 5. The highest BCUT2D eigenvalue weighted by atomic mass is 35.5. The molecule has 2 aliphatic rings. The molecule has 3 aromatic carbocycles. The van der Waals surface area contributed by atoms with Gasteiger partial charge in [0.25, 0.3) is 0 Å². The zero-order valence-electron chi connectivity index (χ0n) is 42.1. The minimum atomic E-state index is -2.59. The Morgan fingerprint density at radius 1 is 0.932 bits per heavy atom. The second-order valence-corrected chi connectivity index (χ2v) is 23.8. The number of amides is 4. The number of likely N-dealkylation sites (tertiary alicyclic amines) is 1. The van der Waals surface area contributed by atoms with E-state index in [0.29, 0.717) is 59.4 Å². The molecule has 5 N–H and O–H groups in total. The van der Waals surface area contributed by atoms with Crippen molar-refractivity contribution in [2.75, 3.05) is 95.1 Å². The predicted molar refractivity (Wildman–Crippen MR) is 284 cm³/mol. The second kappa shape index (κ2) is 24.3. The third-order valence-corrected chi connectivity index (χ3v) is 15.3. The van der Waals surface area contributed by atoms with Gasteiger partial charge in [0.2, 0.25) is 29.6 Å². The highest BCUT2D eigenvalue weighted by molar-refractivity contribution is 7.70. The average molecular weight is 1060 g/mol. The number of hydrogen-bond donors (Lipinski definition) is 5. The molecule has 3 atom stereocenters. The van der Waals surface area contributed by atoms with Crippen LogP contribution in [0, 0.1) is 12.3 Å². The molecule has 73 heavy (non-hydrogen) atoms. The number of aliphatic hydroxyl groups is 1. The third-order valence-electron chi connectivity index (χ3n) is 12.5. The maximum absolute atomic E-state index is 14.0. The Hall–Kier alpha value is -6.15. The van der Waals surface area contributed by atoms with Gasteiger partial charge in [0.05, 0.1) is 60.1 Å². The SMILES string of the molecule is COc1cc(N2CCN(C(=O)COCCOCC(=O)NC(C(=O)N3C[C@H](O)C[C@H]3C(=O)NCc3ccc(-c4scnc4C)cc3)C(C)(C)C)CC2)ccc1Nc1ncc(Cl)c(Nc2ccccc2P(C)(C)=O)n1. The smallest absolute Gasteiger partial charge is 0.248 e. The molecular weight excluding hydrogens is 995 g/mol. The number of carbonyl (C=O) groups is 4. The van der Waals surface area contributed by atoms with E-state index in [1.54, 1.807) is 42.2 Å². The van der Waals surface area contributed by atoms with Crippen molar-refractivity contribution in [2.45, 2.75) is 58.8 Å². The molecule has 2 fully saturated rings. The quantitative estimate of drug-likeness (QED) is 0.0459. The van der Waals surface area contributed by atoms with E-state index in [0.717, 1.165) is 27.4 Å². The van der Waals surface area contributed by atoms with E-state index in [-0.39, 0.29) is 57.8 Å². The summed E-state index contributed by atoms with van der Waals surface area (Å²) >= 11 is 8.02. The fraction of sp³-hybridized carbons (Fsp3) is 0.431. The van der Waals surface area contributed by atoms with Crippen molar-refractivity contribution in [1.82, 2.24) is 35.4 Å². The summed E-state index contributed by atoms with van der Waals surface area (Å²) in [6.45, 7) is 12.7. The van der Waals surface area contributed by atoms with Crippen LogP contribution in [0.15, 0.2) is 78.4 Å². The first-order chi connectivity index (χ1) is 34.8. The first kappa shape index (κ1) is 54.6. The summed E-state index contributed by atoms with van der Waals surface area (Å²) in [5.41, 5.74) is 6.11. The molecule has 2 saturated heterocycles. The Balaban J connectivity index is 0.818. The van der Waals surface area contributed by atoms with Crippen LogP contribution >= 0.6 is 30.1 Å². The van der Waals surface area contributed by atoms with Gasteiger partial charge in [0, 0.05) is 62.7 Å². The fourth-order valence-corrected chi connectivity index (χ4v) is 10.6. The lowest BCUT2D eigenvalue weighted by Gasteiger charge is -2.36. The molecule has 0 spiro atoms. The van der Waals surface area contributed by atoms with Gasteiger partial charge in [-0.15, -0.1) is 11.3 Å². The number of nitrogens with one attached hydrogen (secondary N) is 4. The number of carbonyl (C=O) groups excluding carboxylic acids is 4. The largest absolute Gasteiger partial charge is 0.494 e. The maximum Gasteiger partial charge on any atom is 0.248 e. The van der Waals surface area contributed by atoms with E-state index >= 15 is 0 Å². The predicted octanol–water partition coefficient (Wildman–Crippen LogP) is 5.80. The number of ether oxygens (including phenoxy) is 3. The molecular formula is C51H64ClN10O9PS. The number of aryl methyl sites for hydroxylation is 1. The van der Waals surface area contributed by atoms with Gasteiger partial charge in [-0.1, -0.05) is 68.8 Å². The number of halogens is 1. The van der Waals surface area contributed by atoms with Crippen molar-refractivity contribution < 1.29 is 43.1 Å². The molecule has 7 rings (SSSR count). The van der Waals surface area contributed by atoms with Gasteiger partial charge >= 0.3 is 0 Å². The van der Waals surface area contributed by atoms with Crippen LogP contribution in [-0.2, 0) is 39.8 Å². The molecule has 19 nitrogen and oxygen atoms in total. The van der Waals surface area contributed by atoms with Crippen LogP contribution in [-0.4, -0.2) is 151 Å². The van der Waals surface area contributed by atoms with E-state index in [2.05, 4.69) is 41.1 Å². The molecule has 390 valence electrons. The molecule has 22 heteroatoms. The first-order valence-electron chi connectivity index (χ1n) is 23.9. The summed E-state index contributed by atoms with van der Waals surface area (Å²) in [6, 6.07) is 18.9. The molecule has 4 heterocycles. The van der Waals surface area contributed by atoms with Crippen LogP contribution in [0.3, 0.4) is 0 Å². The summed E-state index contributed by atoms with van der Waals surface area (Å²) in [5, 5.41) is 23.7. The van der Waals surface area contributed by atoms with Gasteiger partial charge in [0.15, 0.2) is 5.82 Å². The van der Waals surface area contributed by atoms with Gasteiger partial charge in [-0.25, -0.2) is 9.97 Å². The Morgan fingerprint density at radius 3 is 2.32 bits per heavy atom. The van der Waals surface area contributed by atoms with Crippen molar-refractivity contribution in [2.24, 2.45) is 5.41 Å². The number of piperazine rings is 1. The van der Waals surface area contributed by atoms with Crippen LogP contribution in [0.2, 0.25) is 5.02 Å². The second-order valence-electron chi connectivity index (χ2n) is 19.3. The zero-order chi connectivity index (χ0) is 52.5. The van der Waals surface area contributed by atoms with E-state index < -0.39 is 48.5 Å². The highest BCUT2D eigenvalue weighted by Gasteiger charge is 2.44. The van der Waals surface area contributed by atoms with Crippen LogP contribution in [0.4, 0.5) is 28.8 Å². The topological polar surface area (TPSA) is 230 Å². The number of aromatic nitrogens is 3. The molecule has 2 aromatic heterocycles. The van der Waals surface area contributed by atoms with Crippen LogP contribution in [0.25, 0.3) is 10.4 Å². The monoisotopic (exact) mass is 1060 g/mol. The van der Waals surface area contributed by atoms with E-state index in [4.69, 9.17) is 25.8 Å². The third kappa shape index (κ3) is 14.3. The Bertz CT molecular complexity index is 2800. The van der Waals surface area contributed by atoms with Crippen molar-refractivity contribution in [3.05, 3.63) is 94.7 Å². The molecule has 1 unspecified atom stereocenters. The summed E-state index contributed by atoms with van der Waals surface area (Å²) < 4.78 is 29.8. The lowest BCUT2D eigenvalue weighted by atomic mass is 9.85. The normalized spacial score (nSPS) is 16.5. The average Bonchev–Trinajstić information content (AvgIpc) is 3.99. The van der Waals surface area contributed by atoms with Gasteiger partial charge in [-0.05, 0) is 61.1 Å². The number of β-amino-alcohol motifs (C(OH)–C–C–N with tert-alkyl or cyclic N) is 1. The number of thiazole rings is 1. The summed E-state index contributed by atoms with van der Waals surface area (Å²) in [6.07, 6.45) is 0.655. The lowest BCUT2D eigenvalue weighted by Crippen LogP contribution is -2.58. The van der Waals surface area contributed by atoms with Crippen molar-refractivity contribution in [1.29, 1.82) is 0 Å². The number of nitrogens with zero attached hydrogens (tertiary/aromatic N) is 6. The summed E-state index contributed by atoms with van der Waals surface area (Å²) in [4.78, 5) is 73.2. The Kier molecular flexibility index (Phi) is 18.1. The Labute approximate surface area is 434 Å². The lowest BCUT2D eigenvalue weighted by molar-refractivity contribution is -0.144. The molecule has 0 aliphatic carbocycles. The van der Waals surface area contributed by atoms with E-state index in [9.17, 15) is 28.8 Å². The minimum Gasteiger partial charge on any atom is -0.494 e. The highest BCUT2D eigenvalue weighted by Crippen LogP contribution is 2.39. The van der Waals surface area contributed by atoms with Crippen LogP contribution in [0.1, 0.15) is 38.4 Å². The zero-order valence-corrected chi connectivity index (χ0v) is 44.6. The van der Waals surface area contributed by atoms with Crippen molar-refractivity contribution in [3.63, 3.8) is 0 Å². The standard InChI is InChI=1S/C51H64ClN10O9PS/c1-32-45(73-31-55-32)34-14-12-33(13-15-34)26-53-48(66)40-25-36(63)28-62(40)49(67)46(51(2,3)4)58-43(64)29-70-22-23-71-30-44(65)61-20-18-60(19-21-61)35-16-17-38(41(24-35)69-5)57-50-54-27-37(52)47(59-50)56-39-10-8-9-11-42(39)72(6,7)68/h8-17,24,27,31,36,40,46,63H,18-23,25-26,28-30H2,1-7H3,(H,53,66)(H,58,64)(H2,54,56,57,59)/t36-,40+,46?/m1/s1. The first-order valence-corrected chi connectivity index (χ1v) is 27.8. The van der Waals surface area contributed by atoms with Crippen LogP contribution < -0.4 is 36.2 Å². The van der Waals surface area contributed by atoms with Crippen LogP contribution in [0.5, 0.6) is 5.75 Å². The number of rotatable bonds is 20. The molecule has 2 aliphatic heterocycles. The number of hydrogen-bond acceptors (Lipinski definition) is 16. The summed E-state index contributed by atoms with van der Waals surface area (Å²) in [5.74, 6) is -0.404. The number of para-hydroxylation sites is 1. The van der Waals surface area contributed by atoms with Crippen molar-refractivity contribution >= 4 is 87.8 Å².